The predicted octanol–water partition coefficient (Wildman–Crippen LogP) is 5.35. The highest BCUT2D eigenvalue weighted by molar-refractivity contribution is 6.03. The van der Waals surface area contributed by atoms with Gasteiger partial charge in [-0.2, -0.15) is 0 Å². The average Bonchev–Trinajstić information content (AvgIpc) is 2.74. The summed E-state index contributed by atoms with van der Waals surface area (Å²) in [6.07, 6.45) is 5.89. The molecule has 3 atom stereocenters. The molecule has 2 heterocycles. The van der Waals surface area contributed by atoms with Crippen LogP contribution in [0.4, 0.5) is 18.9 Å². The lowest BCUT2D eigenvalue weighted by Crippen LogP contribution is -2.31. The maximum absolute atomic E-state index is 14.4. The van der Waals surface area contributed by atoms with E-state index >= 15 is 0 Å². The first-order valence-corrected chi connectivity index (χ1v) is 10.9. The van der Waals surface area contributed by atoms with E-state index < -0.39 is 34.6 Å². The minimum atomic E-state index is -0.950. The summed E-state index contributed by atoms with van der Waals surface area (Å²) in [6, 6.07) is 6.25. The first kappa shape index (κ1) is 22.9. The lowest BCUT2D eigenvalue weighted by molar-refractivity contribution is 0.102. The van der Waals surface area contributed by atoms with Gasteiger partial charge in [-0.15, -0.1) is 0 Å². The number of amides is 1. The highest BCUT2D eigenvalue weighted by Gasteiger charge is 2.28. The number of benzene rings is 1. The Morgan fingerprint density at radius 1 is 1.06 bits per heavy atom. The largest absolute Gasteiger partial charge is 0.328 e. The van der Waals surface area contributed by atoms with Gasteiger partial charge in [0.1, 0.15) is 28.8 Å². The van der Waals surface area contributed by atoms with Crippen molar-refractivity contribution < 1.29 is 18.0 Å². The number of anilines is 1. The van der Waals surface area contributed by atoms with Crippen LogP contribution in [0.3, 0.4) is 0 Å². The molecule has 0 unspecified atom stereocenters. The third kappa shape index (κ3) is 4.90. The van der Waals surface area contributed by atoms with Crippen molar-refractivity contribution in [1.82, 2.24) is 9.97 Å². The summed E-state index contributed by atoms with van der Waals surface area (Å²) in [5, 5.41) is 2.78. The minimum absolute atomic E-state index is 0.0797. The molecule has 0 spiro atoms. The molecule has 172 valence electrons. The summed E-state index contributed by atoms with van der Waals surface area (Å²) >= 11 is 0. The quantitative estimate of drug-likeness (QED) is 0.557. The number of nitrogens with one attached hydrogen (secondary N) is 1. The van der Waals surface area contributed by atoms with E-state index in [9.17, 15) is 18.0 Å². The summed E-state index contributed by atoms with van der Waals surface area (Å²) in [5.41, 5.74) is 6.64. The molecule has 5 nitrogen and oxygen atoms in total. The van der Waals surface area contributed by atoms with Crippen LogP contribution in [-0.4, -0.2) is 21.9 Å². The fourth-order valence-corrected chi connectivity index (χ4v) is 4.63. The first-order chi connectivity index (χ1) is 15.7. The van der Waals surface area contributed by atoms with E-state index in [-0.39, 0.29) is 17.7 Å². The molecule has 1 fully saturated rings. The standard InChI is InChI=1S/C25H25F3N4O/c1-13-7-15(11-16(29)8-13)17-5-6-30-12-22(17)32-25(33)21-4-3-18(26)24(31-21)23-19(27)9-14(2)10-20(23)28/h3-6,9-10,12-13,15-16H,7-8,11,29H2,1-2H3,(H,32,33)/t13-,15+,16+/m0/s1. The van der Waals surface area contributed by atoms with E-state index in [0.29, 0.717) is 17.2 Å². The Morgan fingerprint density at radius 2 is 1.79 bits per heavy atom. The molecule has 1 saturated carbocycles. The van der Waals surface area contributed by atoms with Crippen LogP contribution < -0.4 is 11.1 Å². The van der Waals surface area contributed by atoms with Crippen molar-refractivity contribution in [3.63, 3.8) is 0 Å². The van der Waals surface area contributed by atoms with Gasteiger partial charge in [-0.3, -0.25) is 9.78 Å². The fraction of sp³-hybridized carbons (Fsp3) is 0.320. The first-order valence-electron chi connectivity index (χ1n) is 10.9. The number of aromatic nitrogens is 2. The molecule has 1 amide bonds. The maximum atomic E-state index is 14.4. The van der Waals surface area contributed by atoms with Crippen molar-refractivity contribution in [1.29, 1.82) is 0 Å². The van der Waals surface area contributed by atoms with E-state index in [4.69, 9.17) is 5.73 Å². The van der Waals surface area contributed by atoms with E-state index in [1.54, 1.807) is 12.4 Å². The van der Waals surface area contributed by atoms with Crippen LogP contribution in [-0.2, 0) is 0 Å². The Bertz CT molecular complexity index is 1170. The van der Waals surface area contributed by atoms with Crippen LogP contribution in [0.5, 0.6) is 0 Å². The van der Waals surface area contributed by atoms with Gasteiger partial charge in [0.15, 0.2) is 0 Å². The number of pyridine rings is 2. The Kier molecular flexibility index (Phi) is 6.47. The maximum Gasteiger partial charge on any atom is 0.274 e. The molecule has 1 aliphatic carbocycles. The van der Waals surface area contributed by atoms with Crippen molar-refractivity contribution in [3.05, 3.63) is 77.0 Å². The summed E-state index contributed by atoms with van der Waals surface area (Å²) in [7, 11) is 0. The van der Waals surface area contributed by atoms with Crippen LogP contribution in [0.15, 0.2) is 42.7 Å². The zero-order valence-electron chi connectivity index (χ0n) is 18.4. The summed E-state index contributed by atoms with van der Waals surface area (Å²) in [4.78, 5) is 21.0. The smallest absolute Gasteiger partial charge is 0.274 e. The molecule has 4 rings (SSSR count). The third-order valence-electron chi connectivity index (χ3n) is 6.02. The Morgan fingerprint density at radius 3 is 2.48 bits per heavy atom. The molecule has 33 heavy (non-hydrogen) atoms. The Hall–Kier alpha value is -3.26. The molecule has 0 aliphatic heterocycles. The second-order valence-electron chi connectivity index (χ2n) is 8.82. The number of carbonyl (C=O) groups is 1. The molecule has 3 aromatic rings. The van der Waals surface area contributed by atoms with Gasteiger partial charge < -0.3 is 11.1 Å². The van der Waals surface area contributed by atoms with Gasteiger partial charge in [0.05, 0.1) is 17.4 Å². The van der Waals surface area contributed by atoms with Crippen LogP contribution >= 0.6 is 0 Å². The van der Waals surface area contributed by atoms with Gasteiger partial charge >= 0.3 is 0 Å². The molecule has 2 aromatic heterocycles. The Labute approximate surface area is 190 Å². The average molecular weight is 454 g/mol. The normalized spacial score (nSPS) is 20.5. The number of nitrogens with two attached hydrogens (primary N) is 1. The van der Waals surface area contributed by atoms with Crippen molar-refractivity contribution in [2.24, 2.45) is 11.7 Å². The highest BCUT2D eigenvalue weighted by Crippen LogP contribution is 2.38. The van der Waals surface area contributed by atoms with Gasteiger partial charge in [0.25, 0.3) is 5.91 Å². The highest BCUT2D eigenvalue weighted by atomic mass is 19.1. The number of hydrogen-bond donors (Lipinski definition) is 2. The molecule has 1 aromatic carbocycles. The number of aryl methyl sites for hydroxylation is 1. The lowest BCUT2D eigenvalue weighted by Gasteiger charge is -2.32. The van der Waals surface area contributed by atoms with E-state index in [1.807, 2.05) is 6.07 Å². The number of nitrogens with zero attached hydrogens (tertiary/aromatic N) is 2. The number of halogens is 3. The number of carbonyl (C=O) groups excluding carboxylic acids is 1. The van der Waals surface area contributed by atoms with Gasteiger partial charge in [-0.1, -0.05) is 6.92 Å². The second-order valence-corrected chi connectivity index (χ2v) is 8.82. The van der Waals surface area contributed by atoms with Crippen molar-refractivity contribution in [3.8, 4) is 11.3 Å². The molecule has 0 saturated heterocycles. The Balaban J connectivity index is 1.64. The van der Waals surface area contributed by atoms with Crippen LogP contribution in [0.2, 0.25) is 0 Å². The SMILES string of the molecule is Cc1cc(F)c(-c2nc(C(=O)Nc3cnccc3[C@@H]3C[C@H](C)C[C@@H](N)C3)ccc2F)c(F)c1. The van der Waals surface area contributed by atoms with Gasteiger partial charge in [-0.05, 0) is 79.5 Å². The van der Waals surface area contributed by atoms with Crippen LogP contribution in [0.1, 0.15) is 53.7 Å². The number of hydrogen-bond acceptors (Lipinski definition) is 4. The van der Waals surface area contributed by atoms with E-state index in [1.165, 1.54) is 13.0 Å². The van der Waals surface area contributed by atoms with Gasteiger partial charge in [0.2, 0.25) is 0 Å². The summed E-state index contributed by atoms with van der Waals surface area (Å²) in [6.45, 7) is 3.67. The second kappa shape index (κ2) is 9.31. The molecular formula is C25H25F3N4O. The van der Waals surface area contributed by atoms with Crippen LogP contribution in [0.25, 0.3) is 11.3 Å². The van der Waals surface area contributed by atoms with Crippen LogP contribution in [0, 0.1) is 30.3 Å². The summed E-state index contributed by atoms with van der Waals surface area (Å²) in [5.74, 6) is -2.85. The zero-order valence-corrected chi connectivity index (χ0v) is 18.4. The lowest BCUT2D eigenvalue weighted by atomic mass is 9.76. The number of rotatable bonds is 4. The molecule has 0 bridgehead atoms. The molecule has 1 aliphatic rings. The van der Waals surface area contributed by atoms with Gasteiger partial charge in [-0.25, -0.2) is 18.2 Å². The molecule has 3 N–H and O–H groups in total. The van der Waals surface area contributed by atoms with E-state index in [2.05, 4.69) is 22.2 Å². The van der Waals surface area contributed by atoms with Crippen molar-refractivity contribution >= 4 is 11.6 Å². The topological polar surface area (TPSA) is 80.9 Å². The zero-order chi connectivity index (χ0) is 23.7. The third-order valence-corrected chi connectivity index (χ3v) is 6.02. The monoisotopic (exact) mass is 454 g/mol. The molecular weight excluding hydrogens is 429 g/mol. The predicted molar refractivity (Wildman–Crippen MR) is 120 cm³/mol. The molecule has 0 radical (unpaired) electrons. The minimum Gasteiger partial charge on any atom is -0.328 e. The fourth-order valence-electron chi connectivity index (χ4n) is 4.63. The van der Waals surface area contributed by atoms with Crippen molar-refractivity contribution in [2.45, 2.75) is 45.1 Å². The van der Waals surface area contributed by atoms with E-state index in [0.717, 1.165) is 43.0 Å². The van der Waals surface area contributed by atoms with Crippen molar-refractivity contribution in [2.75, 3.05) is 5.32 Å². The summed E-state index contributed by atoms with van der Waals surface area (Å²) < 4.78 is 43.3. The molecule has 8 heteroatoms. The van der Waals surface area contributed by atoms with Gasteiger partial charge in [0, 0.05) is 12.2 Å².